The van der Waals surface area contributed by atoms with Crippen LogP contribution in [0.3, 0.4) is 0 Å². The van der Waals surface area contributed by atoms with Crippen molar-refractivity contribution in [1.82, 2.24) is 4.57 Å². The van der Waals surface area contributed by atoms with Gasteiger partial charge in [-0.3, -0.25) is 23.7 Å². The number of ether oxygens (including phenoxy) is 1. The Hall–Kier alpha value is -2.89. The third-order valence-corrected chi connectivity index (χ3v) is 9.63. The second kappa shape index (κ2) is 10.1. The minimum atomic E-state index is -0.732. The lowest BCUT2D eigenvalue weighted by Crippen LogP contribution is -2.32. The van der Waals surface area contributed by atoms with Crippen molar-refractivity contribution in [2.45, 2.75) is 29.7 Å². The fourth-order valence-electron chi connectivity index (χ4n) is 4.77. The predicted octanol–water partition coefficient (Wildman–Crippen LogP) is 4.10. The number of esters is 1. The van der Waals surface area contributed by atoms with Gasteiger partial charge in [0.1, 0.15) is 11.8 Å². The largest absolute Gasteiger partial charge is 0.465 e. The number of fused-ring (bicyclic) bond motifs is 2. The normalized spacial score (nSPS) is 20.5. The van der Waals surface area contributed by atoms with Gasteiger partial charge in [0.05, 0.1) is 23.2 Å². The van der Waals surface area contributed by atoms with Gasteiger partial charge in [-0.25, -0.2) is 4.90 Å². The number of imide groups is 1. The number of hydrogen-bond acceptors (Lipinski definition) is 8. The van der Waals surface area contributed by atoms with Gasteiger partial charge in [0.15, 0.2) is 0 Å². The molecule has 2 aliphatic heterocycles. The highest BCUT2D eigenvalue weighted by molar-refractivity contribution is 9.10. The van der Waals surface area contributed by atoms with Gasteiger partial charge in [0, 0.05) is 35.1 Å². The number of halogens is 1. The maximum absolute atomic E-state index is 13.9. The van der Waals surface area contributed by atoms with Crippen molar-refractivity contribution in [2.24, 2.45) is 5.92 Å². The molecule has 3 aromatic rings. The van der Waals surface area contributed by atoms with Crippen LogP contribution >= 0.6 is 39.0 Å². The Labute approximate surface area is 230 Å². The molecule has 0 spiro atoms. The second-order valence-electron chi connectivity index (χ2n) is 8.94. The highest BCUT2D eigenvalue weighted by Gasteiger charge is 2.56. The van der Waals surface area contributed by atoms with Crippen molar-refractivity contribution in [1.29, 1.82) is 0 Å². The SMILES string of the molecule is CCOC(=O)Cn1c2c(sc1=O)[C@@H](c1ccc(N(C)C)cc1)[C@@H]1C(=O)N(c3ccc(Br)cc3)C(=O)[C@@H]1S2. The van der Waals surface area contributed by atoms with E-state index >= 15 is 0 Å². The Morgan fingerprint density at radius 1 is 1.03 bits per heavy atom. The molecule has 0 N–H and O–H groups in total. The van der Waals surface area contributed by atoms with Crippen LogP contribution in [-0.2, 0) is 25.7 Å². The van der Waals surface area contributed by atoms with Gasteiger partial charge in [-0.15, -0.1) is 0 Å². The maximum atomic E-state index is 13.9. The molecule has 3 atom stereocenters. The van der Waals surface area contributed by atoms with Crippen LogP contribution in [-0.4, -0.2) is 48.3 Å². The van der Waals surface area contributed by atoms with Crippen LogP contribution in [0.5, 0.6) is 0 Å². The number of anilines is 2. The molecular formula is C26H24BrN3O5S2. The van der Waals surface area contributed by atoms with E-state index in [1.807, 2.05) is 43.3 Å². The van der Waals surface area contributed by atoms with Crippen molar-refractivity contribution in [2.75, 3.05) is 30.5 Å². The van der Waals surface area contributed by atoms with Crippen LogP contribution in [0.2, 0.25) is 0 Å². The minimum Gasteiger partial charge on any atom is -0.465 e. The fourth-order valence-corrected chi connectivity index (χ4v) is 7.81. The first-order chi connectivity index (χ1) is 17.7. The summed E-state index contributed by atoms with van der Waals surface area (Å²) in [6.45, 7) is 1.66. The lowest BCUT2D eigenvalue weighted by atomic mass is 9.83. The van der Waals surface area contributed by atoms with Crippen LogP contribution < -0.4 is 14.7 Å². The van der Waals surface area contributed by atoms with Crippen molar-refractivity contribution in [3.05, 3.63) is 73.1 Å². The molecule has 3 heterocycles. The number of benzene rings is 2. The molecule has 0 saturated carbocycles. The quantitative estimate of drug-likeness (QED) is 0.310. The lowest BCUT2D eigenvalue weighted by molar-refractivity contribution is -0.144. The molecule has 2 aromatic carbocycles. The van der Waals surface area contributed by atoms with Gasteiger partial charge in [-0.2, -0.15) is 0 Å². The Kier molecular flexibility index (Phi) is 7.03. The summed E-state index contributed by atoms with van der Waals surface area (Å²) in [6, 6.07) is 14.8. The molecule has 0 radical (unpaired) electrons. The summed E-state index contributed by atoms with van der Waals surface area (Å²) in [5.74, 6) is -2.34. The van der Waals surface area contributed by atoms with Crippen LogP contribution in [0.25, 0.3) is 0 Å². The van der Waals surface area contributed by atoms with Gasteiger partial charge in [0.25, 0.3) is 0 Å². The smallest absolute Gasteiger partial charge is 0.326 e. The molecule has 2 amide bonds. The molecule has 37 heavy (non-hydrogen) atoms. The number of hydrogen-bond donors (Lipinski definition) is 0. The van der Waals surface area contributed by atoms with Gasteiger partial charge >= 0.3 is 10.8 Å². The van der Waals surface area contributed by atoms with Gasteiger partial charge < -0.3 is 9.64 Å². The third-order valence-electron chi connectivity index (χ3n) is 6.50. The highest BCUT2D eigenvalue weighted by Crippen LogP contribution is 2.54. The van der Waals surface area contributed by atoms with Crippen LogP contribution in [0.1, 0.15) is 23.3 Å². The molecule has 11 heteroatoms. The first-order valence-corrected chi connectivity index (χ1v) is 14.2. The zero-order valence-corrected chi connectivity index (χ0v) is 23.6. The van der Waals surface area contributed by atoms with Crippen molar-refractivity contribution < 1.29 is 19.1 Å². The predicted molar refractivity (Wildman–Crippen MR) is 148 cm³/mol. The number of aromatic nitrogens is 1. The standard InChI is InChI=1S/C26H24BrN3O5S2/c1-4-35-18(31)13-29-25-22(37-26(29)34)19(14-5-9-16(10-6-14)28(2)3)20-21(36-25)24(33)30(23(20)32)17-11-7-15(27)8-12-17/h5-12,19-21H,4,13H2,1-3H3/t19-,20-,21+/m0/s1. The molecule has 1 saturated heterocycles. The lowest BCUT2D eigenvalue weighted by Gasteiger charge is -2.31. The summed E-state index contributed by atoms with van der Waals surface area (Å²) in [5, 5.41) is -0.186. The number of thiazole rings is 1. The van der Waals surface area contributed by atoms with Crippen LogP contribution in [0.4, 0.5) is 11.4 Å². The molecule has 2 aliphatic rings. The number of carbonyl (C=O) groups excluding carboxylic acids is 3. The number of rotatable bonds is 6. The van der Waals surface area contributed by atoms with Crippen molar-refractivity contribution in [3.63, 3.8) is 0 Å². The number of amides is 2. The Morgan fingerprint density at radius 3 is 2.32 bits per heavy atom. The first-order valence-electron chi connectivity index (χ1n) is 11.7. The van der Waals surface area contributed by atoms with E-state index in [4.69, 9.17) is 4.74 Å². The maximum Gasteiger partial charge on any atom is 0.326 e. The van der Waals surface area contributed by atoms with E-state index in [1.165, 1.54) is 21.2 Å². The van der Waals surface area contributed by atoms with E-state index in [9.17, 15) is 19.2 Å². The molecule has 0 bridgehead atoms. The van der Waals surface area contributed by atoms with E-state index in [2.05, 4.69) is 15.9 Å². The third kappa shape index (κ3) is 4.53. The van der Waals surface area contributed by atoms with E-state index < -0.39 is 23.1 Å². The first kappa shape index (κ1) is 25.7. The summed E-state index contributed by atoms with van der Waals surface area (Å²) in [4.78, 5) is 56.5. The monoisotopic (exact) mass is 601 g/mol. The van der Waals surface area contributed by atoms with Crippen LogP contribution in [0, 0.1) is 5.92 Å². The average molecular weight is 603 g/mol. The zero-order valence-electron chi connectivity index (χ0n) is 20.3. The summed E-state index contributed by atoms with van der Waals surface area (Å²) >= 11 is 5.61. The van der Waals surface area contributed by atoms with Gasteiger partial charge in [-0.1, -0.05) is 51.2 Å². The molecule has 8 nitrogen and oxygen atoms in total. The summed E-state index contributed by atoms with van der Waals surface area (Å²) in [5.41, 5.74) is 2.33. The highest BCUT2D eigenvalue weighted by atomic mass is 79.9. The molecule has 192 valence electrons. The molecule has 0 unspecified atom stereocenters. The molecule has 1 fully saturated rings. The van der Waals surface area contributed by atoms with Crippen molar-refractivity contribution in [3.8, 4) is 0 Å². The Bertz CT molecular complexity index is 1430. The molecular weight excluding hydrogens is 578 g/mol. The van der Waals surface area contributed by atoms with Gasteiger partial charge in [-0.05, 0) is 48.9 Å². The summed E-state index contributed by atoms with van der Waals surface area (Å²) in [6.07, 6.45) is 0. The van der Waals surface area contributed by atoms with E-state index in [0.717, 1.165) is 27.1 Å². The Morgan fingerprint density at radius 2 is 1.70 bits per heavy atom. The van der Waals surface area contributed by atoms with E-state index in [0.29, 0.717) is 15.6 Å². The number of thioether (sulfide) groups is 1. The second-order valence-corrected chi connectivity index (χ2v) is 12.0. The van der Waals surface area contributed by atoms with E-state index in [-0.39, 0.29) is 29.8 Å². The van der Waals surface area contributed by atoms with Crippen molar-refractivity contribution >= 4 is 68.2 Å². The molecule has 5 rings (SSSR count). The Balaban J connectivity index is 1.63. The number of nitrogens with zero attached hydrogens (tertiary/aromatic N) is 3. The van der Waals surface area contributed by atoms with Gasteiger partial charge in [0.2, 0.25) is 11.8 Å². The fraction of sp³-hybridized carbons (Fsp3) is 0.308. The number of carbonyl (C=O) groups is 3. The van der Waals surface area contributed by atoms with Crippen LogP contribution in [0.15, 0.2) is 62.8 Å². The average Bonchev–Trinajstić information content (AvgIpc) is 3.31. The summed E-state index contributed by atoms with van der Waals surface area (Å²) in [7, 11) is 3.88. The van der Waals surface area contributed by atoms with E-state index in [1.54, 1.807) is 31.2 Å². The topological polar surface area (TPSA) is 88.9 Å². The zero-order chi connectivity index (χ0) is 26.4. The summed E-state index contributed by atoms with van der Waals surface area (Å²) < 4.78 is 7.29. The molecule has 1 aromatic heterocycles. The minimum absolute atomic E-state index is 0.202. The molecule has 0 aliphatic carbocycles.